The van der Waals surface area contributed by atoms with Crippen LogP contribution in [0.2, 0.25) is 0 Å². The number of aryl methyl sites for hydroxylation is 2. The lowest BCUT2D eigenvalue weighted by atomic mass is 9.96. The molecule has 0 N–H and O–H groups in total. The number of rotatable bonds is 5. The van der Waals surface area contributed by atoms with Crippen LogP contribution in [-0.2, 0) is 16.0 Å². The van der Waals surface area contributed by atoms with Gasteiger partial charge in [-0.25, -0.2) is 4.99 Å². The van der Waals surface area contributed by atoms with Gasteiger partial charge < -0.3 is 9.26 Å². The summed E-state index contributed by atoms with van der Waals surface area (Å²) in [5, 5.41) is 4.67. The summed E-state index contributed by atoms with van der Waals surface area (Å²) in [7, 11) is 1.62. The van der Waals surface area contributed by atoms with Crippen LogP contribution in [-0.4, -0.2) is 28.3 Å². The molecule has 1 aliphatic rings. The van der Waals surface area contributed by atoms with Gasteiger partial charge in [0.05, 0.1) is 18.6 Å². The predicted molar refractivity (Wildman–Crippen MR) is 136 cm³/mol. The number of carbonyl (C=O) groups excluding carboxylic acids is 1. The molecule has 7 nitrogen and oxygen atoms in total. The van der Waals surface area contributed by atoms with Crippen molar-refractivity contribution in [2.75, 3.05) is 12.0 Å². The summed E-state index contributed by atoms with van der Waals surface area (Å²) >= 11 is 1.40. The molecular formula is C26H28N4O3S. The van der Waals surface area contributed by atoms with Crippen molar-refractivity contribution >= 4 is 34.6 Å². The largest absolute Gasteiger partial charge is 0.497 e. The molecule has 8 heteroatoms. The Hall–Kier alpha value is -3.39. The number of anilines is 1. The fraction of sp³-hybridized carbons (Fsp3) is 0.308. The van der Waals surface area contributed by atoms with Crippen LogP contribution >= 0.6 is 11.8 Å². The molecule has 1 amide bonds. The Morgan fingerprint density at radius 2 is 1.76 bits per heavy atom. The average molecular weight is 477 g/mol. The van der Waals surface area contributed by atoms with Crippen molar-refractivity contribution in [3.05, 3.63) is 76.6 Å². The molecule has 0 spiro atoms. The number of ether oxygens (including phenoxy) is 1. The average Bonchev–Trinajstić information content (AvgIpc) is 3.37. The van der Waals surface area contributed by atoms with Crippen molar-refractivity contribution < 1.29 is 14.1 Å². The molecule has 4 rings (SSSR count). The van der Waals surface area contributed by atoms with E-state index in [0.717, 1.165) is 28.1 Å². The molecule has 0 radical (unpaired) electrons. The zero-order chi connectivity index (χ0) is 24.5. The second-order valence-electron chi connectivity index (χ2n) is 9.23. The number of aromatic nitrogens is 2. The number of amides is 1. The first kappa shape index (κ1) is 23.8. The Bertz CT molecular complexity index is 1250. The van der Waals surface area contributed by atoms with Crippen molar-refractivity contribution in [1.29, 1.82) is 0 Å². The summed E-state index contributed by atoms with van der Waals surface area (Å²) < 4.78 is 10.7. The molecule has 0 unspecified atom stereocenters. The van der Waals surface area contributed by atoms with Crippen molar-refractivity contribution in [3.8, 4) is 5.75 Å². The molecule has 0 atom stereocenters. The van der Waals surface area contributed by atoms with E-state index >= 15 is 0 Å². The van der Waals surface area contributed by atoms with Gasteiger partial charge in [-0.3, -0.25) is 9.69 Å². The van der Waals surface area contributed by atoms with Crippen LogP contribution in [0.4, 0.5) is 5.69 Å². The van der Waals surface area contributed by atoms with Gasteiger partial charge in [0.2, 0.25) is 5.89 Å². The first-order chi connectivity index (χ1) is 16.1. The molecule has 0 saturated carbocycles. The van der Waals surface area contributed by atoms with Crippen molar-refractivity contribution in [3.63, 3.8) is 0 Å². The van der Waals surface area contributed by atoms with Crippen molar-refractivity contribution in [2.45, 2.75) is 45.8 Å². The highest BCUT2D eigenvalue weighted by molar-refractivity contribution is 8.13. The zero-order valence-corrected chi connectivity index (χ0v) is 21.1. The first-order valence-electron chi connectivity index (χ1n) is 11.0. The summed E-state index contributed by atoms with van der Waals surface area (Å²) in [4.78, 5) is 24.3. The van der Waals surface area contributed by atoms with Crippen LogP contribution in [0.1, 0.15) is 49.2 Å². The Balaban J connectivity index is 1.66. The van der Waals surface area contributed by atoms with E-state index < -0.39 is 0 Å². The van der Waals surface area contributed by atoms with Crippen LogP contribution in [0, 0.1) is 13.8 Å². The highest BCUT2D eigenvalue weighted by Crippen LogP contribution is 2.32. The minimum atomic E-state index is -0.202. The quantitative estimate of drug-likeness (QED) is 0.442. The number of thioether (sulfide) groups is 1. The van der Waals surface area contributed by atoms with Gasteiger partial charge in [0.25, 0.3) is 5.91 Å². The number of hydrogen-bond acceptors (Lipinski definition) is 7. The Kier molecular flexibility index (Phi) is 6.61. The van der Waals surface area contributed by atoms with Gasteiger partial charge in [-0.1, -0.05) is 55.9 Å². The van der Waals surface area contributed by atoms with E-state index in [1.54, 1.807) is 18.1 Å². The fourth-order valence-electron chi connectivity index (χ4n) is 3.50. The normalized spacial score (nSPS) is 15.2. The van der Waals surface area contributed by atoms with E-state index in [9.17, 15) is 4.79 Å². The number of carbonyl (C=O) groups is 1. The van der Waals surface area contributed by atoms with E-state index in [4.69, 9.17) is 14.3 Å². The summed E-state index contributed by atoms with van der Waals surface area (Å²) in [5.74, 6) is 2.14. The van der Waals surface area contributed by atoms with Crippen LogP contribution < -0.4 is 9.64 Å². The van der Waals surface area contributed by atoms with Crippen LogP contribution in [0.15, 0.2) is 57.7 Å². The maximum atomic E-state index is 13.5. The third-order valence-corrected chi connectivity index (χ3v) is 6.10. The number of benzene rings is 2. The van der Waals surface area contributed by atoms with E-state index in [0.29, 0.717) is 28.3 Å². The highest BCUT2D eigenvalue weighted by Gasteiger charge is 2.33. The van der Waals surface area contributed by atoms with Gasteiger partial charge in [-0.05, 0) is 60.9 Å². The lowest BCUT2D eigenvalue weighted by Gasteiger charge is -2.18. The molecule has 0 fully saturated rings. The second kappa shape index (κ2) is 9.46. The number of nitrogens with zero attached hydrogens (tertiary/aromatic N) is 4. The standard InChI is InChI=1S/C26H28N4O3S/c1-16-11-17(2)13-19(12-16)30-23(31)21(14-18-7-9-20(32-6)10-8-18)27-25(30)34-15-22-28-24(29-33-22)26(3,4)5/h7-14H,15H2,1-6H3/b21-14-. The second-order valence-corrected chi connectivity index (χ2v) is 10.2. The topological polar surface area (TPSA) is 80.8 Å². The van der Waals surface area contributed by atoms with Gasteiger partial charge in [-0.2, -0.15) is 4.98 Å². The van der Waals surface area contributed by atoms with Gasteiger partial charge in [0.1, 0.15) is 11.4 Å². The van der Waals surface area contributed by atoms with E-state index in [1.165, 1.54) is 11.8 Å². The van der Waals surface area contributed by atoms with Gasteiger partial charge in [0, 0.05) is 5.41 Å². The third-order valence-electron chi connectivity index (χ3n) is 5.18. The third kappa shape index (κ3) is 5.22. The maximum absolute atomic E-state index is 13.5. The molecule has 176 valence electrons. The fourth-order valence-corrected chi connectivity index (χ4v) is 4.35. The summed E-state index contributed by atoms with van der Waals surface area (Å²) in [6.45, 7) is 10.1. The number of amidine groups is 1. The molecule has 2 heterocycles. The molecular weight excluding hydrogens is 448 g/mol. The highest BCUT2D eigenvalue weighted by atomic mass is 32.2. The minimum Gasteiger partial charge on any atom is -0.497 e. The molecule has 3 aromatic rings. The van der Waals surface area contributed by atoms with Gasteiger partial charge in [-0.15, -0.1) is 0 Å². The number of aliphatic imine (C=N–C) groups is 1. The molecule has 0 saturated heterocycles. The zero-order valence-electron chi connectivity index (χ0n) is 20.2. The Morgan fingerprint density at radius 3 is 2.35 bits per heavy atom. The van der Waals surface area contributed by atoms with Crippen molar-refractivity contribution in [1.82, 2.24) is 10.1 Å². The molecule has 1 aromatic heterocycles. The molecule has 0 aliphatic carbocycles. The SMILES string of the molecule is COc1ccc(/C=C2\N=C(SCc3nc(C(C)(C)C)no3)N(c3cc(C)cc(C)c3)C2=O)cc1. The summed E-state index contributed by atoms with van der Waals surface area (Å²) in [6.07, 6.45) is 1.79. The molecule has 1 aliphatic heterocycles. The van der Waals surface area contributed by atoms with Gasteiger partial charge >= 0.3 is 0 Å². The van der Waals surface area contributed by atoms with Crippen LogP contribution in [0.25, 0.3) is 6.08 Å². The van der Waals surface area contributed by atoms with Crippen molar-refractivity contribution in [2.24, 2.45) is 4.99 Å². The van der Waals surface area contributed by atoms with Gasteiger partial charge in [0.15, 0.2) is 11.0 Å². The molecule has 34 heavy (non-hydrogen) atoms. The Labute approximate surface area is 203 Å². The molecule has 2 aromatic carbocycles. The smallest absolute Gasteiger partial charge is 0.283 e. The lowest BCUT2D eigenvalue weighted by Crippen LogP contribution is -2.30. The predicted octanol–water partition coefficient (Wildman–Crippen LogP) is 5.67. The maximum Gasteiger partial charge on any atom is 0.283 e. The van der Waals surface area contributed by atoms with E-state index in [2.05, 4.69) is 16.2 Å². The lowest BCUT2D eigenvalue weighted by molar-refractivity contribution is -0.113. The van der Waals surface area contributed by atoms with Crippen LogP contribution in [0.5, 0.6) is 5.75 Å². The van der Waals surface area contributed by atoms with E-state index in [-0.39, 0.29) is 11.3 Å². The first-order valence-corrected chi connectivity index (χ1v) is 12.0. The van der Waals surface area contributed by atoms with Crippen LogP contribution in [0.3, 0.4) is 0 Å². The Morgan fingerprint density at radius 1 is 1.09 bits per heavy atom. The summed E-state index contributed by atoms with van der Waals surface area (Å²) in [6, 6.07) is 13.6. The number of methoxy groups -OCH3 is 1. The van der Waals surface area contributed by atoms with E-state index in [1.807, 2.05) is 71.0 Å². The minimum absolute atomic E-state index is 0.177. The monoisotopic (exact) mass is 476 g/mol. The summed E-state index contributed by atoms with van der Waals surface area (Å²) in [5.41, 5.74) is 3.97. The molecule has 0 bridgehead atoms. The number of hydrogen-bond donors (Lipinski definition) is 0.